The van der Waals surface area contributed by atoms with E-state index in [1.807, 2.05) is 24.3 Å². The minimum atomic E-state index is -0.441. The molecule has 0 atom stereocenters. The van der Waals surface area contributed by atoms with Gasteiger partial charge in [0, 0.05) is 6.92 Å². The number of carbonyl (C=O) groups is 2. The normalized spacial score (nSPS) is 10.9. The lowest BCUT2D eigenvalue weighted by Crippen LogP contribution is -2.19. The van der Waals surface area contributed by atoms with Crippen molar-refractivity contribution in [1.82, 2.24) is 10.4 Å². The first-order valence-corrected chi connectivity index (χ1v) is 9.20. The number of aromatic nitrogens is 1. The first kappa shape index (κ1) is 19.4. The maximum absolute atomic E-state index is 11.9. The smallest absolute Gasteiger partial charge is 0.308 e. The van der Waals surface area contributed by atoms with Gasteiger partial charge in [0.15, 0.2) is 17.1 Å². The van der Waals surface area contributed by atoms with Crippen LogP contribution < -0.4 is 14.9 Å². The summed E-state index contributed by atoms with van der Waals surface area (Å²) >= 11 is 1.18. The van der Waals surface area contributed by atoms with Crippen LogP contribution in [-0.4, -0.2) is 35.9 Å². The summed E-state index contributed by atoms with van der Waals surface area (Å²) in [6, 6.07) is 12.3. The van der Waals surface area contributed by atoms with Crippen LogP contribution in [0.1, 0.15) is 12.5 Å². The van der Waals surface area contributed by atoms with Crippen LogP contribution in [0.15, 0.2) is 57.2 Å². The second-order valence-electron chi connectivity index (χ2n) is 5.53. The molecule has 0 saturated heterocycles. The minimum Gasteiger partial charge on any atom is -0.493 e. The third-order valence-electron chi connectivity index (χ3n) is 3.45. The second kappa shape index (κ2) is 9.05. The molecular formula is C19H17N3O5S. The quantitative estimate of drug-likeness (QED) is 0.214. The SMILES string of the molecule is COc1cc(/C=N\NC(=O)CSc2nc3ccccc3o2)ccc1OC(C)=O. The Kier molecular flexibility index (Phi) is 6.28. The molecule has 0 aliphatic rings. The predicted octanol–water partition coefficient (Wildman–Crippen LogP) is 3.00. The van der Waals surface area contributed by atoms with Gasteiger partial charge in [0.2, 0.25) is 0 Å². The molecule has 0 unspecified atom stereocenters. The number of fused-ring (bicyclic) bond motifs is 1. The van der Waals surface area contributed by atoms with E-state index in [-0.39, 0.29) is 11.7 Å². The van der Waals surface area contributed by atoms with Gasteiger partial charge in [-0.3, -0.25) is 9.59 Å². The molecule has 3 rings (SSSR count). The van der Waals surface area contributed by atoms with Crippen LogP contribution >= 0.6 is 11.8 Å². The van der Waals surface area contributed by atoms with Gasteiger partial charge in [0.1, 0.15) is 5.52 Å². The molecule has 0 aliphatic carbocycles. The first-order chi connectivity index (χ1) is 13.5. The van der Waals surface area contributed by atoms with Gasteiger partial charge in [0.25, 0.3) is 11.1 Å². The fourth-order valence-electron chi connectivity index (χ4n) is 2.25. The molecule has 3 aromatic rings. The molecule has 0 spiro atoms. The van der Waals surface area contributed by atoms with E-state index in [2.05, 4.69) is 15.5 Å². The average Bonchev–Trinajstić information content (AvgIpc) is 3.10. The van der Waals surface area contributed by atoms with Crippen molar-refractivity contribution in [3.8, 4) is 11.5 Å². The molecule has 0 aliphatic heterocycles. The van der Waals surface area contributed by atoms with Crippen molar-refractivity contribution in [3.63, 3.8) is 0 Å². The maximum Gasteiger partial charge on any atom is 0.308 e. The van der Waals surface area contributed by atoms with Crippen LogP contribution in [0.2, 0.25) is 0 Å². The van der Waals surface area contributed by atoms with Gasteiger partial charge in [-0.25, -0.2) is 10.4 Å². The molecule has 0 saturated carbocycles. The standard InChI is InChI=1S/C19H17N3O5S/c1-12(23)26-16-8-7-13(9-17(16)25-2)10-20-22-18(24)11-28-19-21-14-5-3-4-6-15(14)27-19/h3-10H,11H2,1-2H3,(H,22,24)/b20-10-. The summed E-state index contributed by atoms with van der Waals surface area (Å²) in [6.45, 7) is 1.31. The van der Waals surface area contributed by atoms with Crippen molar-refractivity contribution in [2.45, 2.75) is 12.1 Å². The van der Waals surface area contributed by atoms with Gasteiger partial charge in [0.05, 0.1) is 19.1 Å². The van der Waals surface area contributed by atoms with E-state index in [0.717, 1.165) is 5.52 Å². The van der Waals surface area contributed by atoms with E-state index in [9.17, 15) is 9.59 Å². The first-order valence-electron chi connectivity index (χ1n) is 8.22. The minimum absolute atomic E-state index is 0.110. The van der Waals surface area contributed by atoms with Crippen LogP contribution in [-0.2, 0) is 9.59 Å². The number of methoxy groups -OCH3 is 1. The number of hydrogen-bond acceptors (Lipinski definition) is 8. The number of benzene rings is 2. The van der Waals surface area contributed by atoms with E-state index in [4.69, 9.17) is 13.9 Å². The van der Waals surface area contributed by atoms with E-state index in [1.54, 1.807) is 18.2 Å². The highest BCUT2D eigenvalue weighted by molar-refractivity contribution is 7.99. The fourth-order valence-corrected chi connectivity index (χ4v) is 2.89. The van der Waals surface area contributed by atoms with Gasteiger partial charge < -0.3 is 13.9 Å². The van der Waals surface area contributed by atoms with Crippen LogP contribution in [0.4, 0.5) is 0 Å². The van der Waals surface area contributed by atoms with Crippen molar-refractivity contribution >= 4 is 41.0 Å². The second-order valence-corrected chi connectivity index (χ2v) is 6.46. The number of nitrogens with one attached hydrogen (secondary N) is 1. The van der Waals surface area contributed by atoms with Gasteiger partial charge in [-0.15, -0.1) is 0 Å². The Morgan fingerprint density at radius 1 is 1.25 bits per heavy atom. The van der Waals surface area contributed by atoms with Crippen molar-refractivity contribution in [1.29, 1.82) is 0 Å². The number of thioether (sulfide) groups is 1. The summed E-state index contributed by atoms with van der Waals surface area (Å²) in [4.78, 5) is 27.3. The number of nitrogens with zero attached hydrogens (tertiary/aromatic N) is 2. The van der Waals surface area contributed by atoms with E-state index in [0.29, 0.717) is 27.9 Å². The lowest BCUT2D eigenvalue weighted by molar-refractivity contribution is -0.132. The molecule has 0 fully saturated rings. The van der Waals surface area contributed by atoms with E-state index in [1.165, 1.54) is 32.0 Å². The molecule has 0 radical (unpaired) electrons. The van der Waals surface area contributed by atoms with E-state index >= 15 is 0 Å². The Morgan fingerprint density at radius 3 is 2.82 bits per heavy atom. The van der Waals surface area contributed by atoms with Crippen LogP contribution in [0, 0.1) is 0 Å². The van der Waals surface area contributed by atoms with Gasteiger partial charge >= 0.3 is 5.97 Å². The number of hydrazone groups is 1. The molecule has 1 heterocycles. The predicted molar refractivity (Wildman–Crippen MR) is 105 cm³/mol. The van der Waals surface area contributed by atoms with Crippen molar-refractivity contribution in [2.24, 2.45) is 5.10 Å². The lowest BCUT2D eigenvalue weighted by Gasteiger charge is -2.08. The fraction of sp³-hybridized carbons (Fsp3) is 0.158. The monoisotopic (exact) mass is 399 g/mol. The Balaban J connectivity index is 1.53. The molecule has 144 valence electrons. The molecule has 1 amide bonds. The lowest BCUT2D eigenvalue weighted by atomic mass is 10.2. The number of carbonyl (C=O) groups excluding carboxylic acids is 2. The third-order valence-corrected chi connectivity index (χ3v) is 4.27. The highest BCUT2D eigenvalue weighted by Gasteiger charge is 2.09. The zero-order valence-electron chi connectivity index (χ0n) is 15.2. The van der Waals surface area contributed by atoms with Gasteiger partial charge in [-0.05, 0) is 35.9 Å². The Hall–Kier alpha value is -3.33. The molecule has 8 nitrogen and oxygen atoms in total. The molecule has 1 N–H and O–H groups in total. The largest absolute Gasteiger partial charge is 0.493 e. The molecule has 2 aromatic carbocycles. The summed E-state index contributed by atoms with van der Waals surface area (Å²) in [6.07, 6.45) is 1.46. The van der Waals surface area contributed by atoms with Crippen molar-refractivity contribution < 1.29 is 23.5 Å². The number of para-hydroxylation sites is 2. The molecular weight excluding hydrogens is 382 g/mol. The van der Waals surface area contributed by atoms with Gasteiger partial charge in [-0.2, -0.15) is 5.10 Å². The number of hydrogen-bond donors (Lipinski definition) is 1. The number of esters is 1. The Morgan fingerprint density at radius 2 is 2.07 bits per heavy atom. The Bertz CT molecular complexity index is 998. The highest BCUT2D eigenvalue weighted by atomic mass is 32.2. The summed E-state index contributed by atoms with van der Waals surface area (Å²) in [7, 11) is 1.47. The summed E-state index contributed by atoms with van der Waals surface area (Å²) in [5, 5.41) is 4.33. The summed E-state index contributed by atoms with van der Waals surface area (Å²) < 4.78 is 15.8. The van der Waals surface area contributed by atoms with Crippen LogP contribution in [0.25, 0.3) is 11.1 Å². The third kappa shape index (κ3) is 5.10. The van der Waals surface area contributed by atoms with Crippen molar-refractivity contribution in [3.05, 3.63) is 48.0 Å². The topological polar surface area (TPSA) is 103 Å². The maximum atomic E-state index is 11.9. The summed E-state index contributed by atoms with van der Waals surface area (Å²) in [5.74, 6) is 0.0668. The number of oxazole rings is 1. The molecule has 28 heavy (non-hydrogen) atoms. The van der Waals surface area contributed by atoms with Gasteiger partial charge in [-0.1, -0.05) is 23.9 Å². The van der Waals surface area contributed by atoms with Crippen LogP contribution in [0.3, 0.4) is 0 Å². The zero-order chi connectivity index (χ0) is 19.9. The van der Waals surface area contributed by atoms with E-state index < -0.39 is 5.97 Å². The van der Waals surface area contributed by atoms with Crippen LogP contribution in [0.5, 0.6) is 11.5 Å². The average molecular weight is 399 g/mol. The zero-order valence-corrected chi connectivity index (χ0v) is 16.0. The molecule has 0 bridgehead atoms. The number of amides is 1. The number of rotatable bonds is 7. The van der Waals surface area contributed by atoms with Crippen molar-refractivity contribution in [2.75, 3.05) is 12.9 Å². The molecule has 9 heteroatoms. The number of ether oxygens (including phenoxy) is 2. The summed E-state index contributed by atoms with van der Waals surface area (Å²) in [5.41, 5.74) is 4.52. The molecule has 1 aromatic heterocycles. The Labute approximate surface area is 164 Å². The highest BCUT2D eigenvalue weighted by Crippen LogP contribution is 2.27.